The molecule has 5 nitrogen and oxygen atoms in total. The number of amides is 1. The molecule has 1 aromatic carbocycles. The number of hydrogen-bond donors (Lipinski definition) is 4. The number of rotatable bonds is 2. The van der Waals surface area contributed by atoms with Crippen LogP contribution in [-0.2, 0) is 0 Å². The van der Waals surface area contributed by atoms with E-state index in [1.54, 1.807) is 18.3 Å². The molecule has 0 bridgehead atoms. The Labute approximate surface area is 104 Å². The van der Waals surface area contributed by atoms with Crippen LogP contribution in [0.2, 0.25) is 0 Å². The van der Waals surface area contributed by atoms with Gasteiger partial charge in [-0.1, -0.05) is 0 Å². The standard InChI is InChI=1S/C13H15N3O2/c14-7-1-2-10-11(6-15-12(10)3-7)13(18)16-8-4-9(17)5-8/h1-3,6,8-9,15,17H,4-5,14H2,(H,16,18). The average molecular weight is 245 g/mol. The smallest absolute Gasteiger partial charge is 0.253 e. The molecule has 0 aliphatic heterocycles. The second-order valence-electron chi connectivity index (χ2n) is 4.80. The number of carbonyl (C=O) groups is 1. The number of aliphatic hydroxyl groups excluding tert-OH is 1. The van der Waals surface area contributed by atoms with Gasteiger partial charge in [-0.05, 0) is 31.0 Å². The monoisotopic (exact) mass is 245 g/mol. The summed E-state index contributed by atoms with van der Waals surface area (Å²) in [4.78, 5) is 15.1. The zero-order chi connectivity index (χ0) is 12.7. The van der Waals surface area contributed by atoms with E-state index in [4.69, 9.17) is 5.73 Å². The van der Waals surface area contributed by atoms with Crippen molar-refractivity contribution in [3.8, 4) is 0 Å². The Morgan fingerprint density at radius 1 is 1.44 bits per heavy atom. The minimum atomic E-state index is -0.266. The van der Waals surface area contributed by atoms with Crippen molar-refractivity contribution in [2.45, 2.75) is 25.0 Å². The van der Waals surface area contributed by atoms with Gasteiger partial charge < -0.3 is 21.1 Å². The topological polar surface area (TPSA) is 91.1 Å². The summed E-state index contributed by atoms with van der Waals surface area (Å²) >= 11 is 0. The lowest BCUT2D eigenvalue weighted by molar-refractivity contribution is 0.0563. The number of nitrogen functional groups attached to an aromatic ring is 1. The highest BCUT2D eigenvalue weighted by molar-refractivity contribution is 6.07. The number of H-pyrrole nitrogens is 1. The van der Waals surface area contributed by atoms with Crippen LogP contribution < -0.4 is 11.1 Å². The predicted octanol–water partition coefficient (Wildman–Crippen LogP) is 1.00. The highest BCUT2D eigenvalue weighted by atomic mass is 16.3. The third-order valence-electron chi connectivity index (χ3n) is 3.40. The van der Waals surface area contributed by atoms with E-state index in [0.29, 0.717) is 24.1 Å². The molecule has 1 saturated carbocycles. The number of nitrogens with one attached hydrogen (secondary N) is 2. The van der Waals surface area contributed by atoms with Gasteiger partial charge in [0, 0.05) is 28.8 Å². The van der Waals surface area contributed by atoms with E-state index < -0.39 is 0 Å². The summed E-state index contributed by atoms with van der Waals surface area (Å²) in [6, 6.07) is 5.51. The number of aromatic nitrogens is 1. The molecule has 0 saturated heterocycles. The Balaban J connectivity index is 1.83. The maximum Gasteiger partial charge on any atom is 0.253 e. The van der Waals surface area contributed by atoms with E-state index in [9.17, 15) is 9.90 Å². The van der Waals surface area contributed by atoms with Crippen LogP contribution in [0.25, 0.3) is 10.9 Å². The Kier molecular flexibility index (Phi) is 2.48. The fourth-order valence-electron chi connectivity index (χ4n) is 2.30. The summed E-state index contributed by atoms with van der Waals surface area (Å²) in [6.45, 7) is 0. The number of fused-ring (bicyclic) bond motifs is 1. The number of aliphatic hydroxyl groups is 1. The van der Waals surface area contributed by atoms with Crippen LogP contribution in [0.15, 0.2) is 24.4 Å². The number of anilines is 1. The Morgan fingerprint density at radius 2 is 2.22 bits per heavy atom. The van der Waals surface area contributed by atoms with Crippen LogP contribution in [0.4, 0.5) is 5.69 Å². The van der Waals surface area contributed by atoms with Crippen molar-refractivity contribution in [2.75, 3.05) is 5.73 Å². The molecule has 1 heterocycles. The first-order valence-electron chi connectivity index (χ1n) is 5.99. The molecule has 0 radical (unpaired) electrons. The summed E-state index contributed by atoms with van der Waals surface area (Å²) in [5.41, 5.74) is 7.83. The van der Waals surface area contributed by atoms with Crippen molar-refractivity contribution >= 4 is 22.5 Å². The maximum absolute atomic E-state index is 12.1. The van der Waals surface area contributed by atoms with Gasteiger partial charge in [0.15, 0.2) is 0 Å². The van der Waals surface area contributed by atoms with E-state index in [2.05, 4.69) is 10.3 Å². The minimum Gasteiger partial charge on any atom is -0.399 e. The van der Waals surface area contributed by atoms with Crippen LogP contribution in [0, 0.1) is 0 Å². The van der Waals surface area contributed by atoms with Gasteiger partial charge >= 0.3 is 0 Å². The fourth-order valence-corrected chi connectivity index (χ4v) is 2.30. The van der Waals surface area contributed by atoms with Crippen LogP contribution >= 0.6 is 0 Å². The fraction of sp³-hybridized carbons (Fsp3) is 0.308. The molecule has 1 amide bonds. The van der Waals surface area contributed by atoms with Gasteiger partial charge in [0.2, 0.25) is 0 Å². The van der Waals surface area contributed by atoms with E-state index in [-0.39, 0.29) is 18.1 Å². The number of nitrogens with two attached hydrogens (primary N) is 1. The molecular weight excluding hydrogens is 230 g/mol. The van der Waals surface area contributed by atoms with Crippen LogP contribution in [0.3, 0.4) is 0 Å². The van der Waals surface area contributed by atoms with Crippen molar-refractivity contribution in [3.05, 3.63) is 30.0 Å². The number of benzene rings is 1. The van der Waals surface area contributed by atoms with Gasteiger partial charge in [0.05, 0.1) is 11.7 Å². The van der Waals surface area contributed by atoms with Crippen molar-refractivity contribution < 1.29 is 9.90 Å². The van der Waals surface area contributed by atoms with Crippen LogP contribution in [-0.4, -0.2) is 28.1 Å². The lowest BCUT2D eigenvalue weighted by Crippen LogP contribution is -2.46. The molecule has 18 heavy (non-hydrogen) atoms. The van der Waals surface area contributed by atoms with E-state index in [1.165, 1.54) is 0 Å². The van der Waals surface area contributed by atoms with Crippen molar-refractivity contribution in [3.63, 3.8) is 0 Å². The van der Waals surface area contributed by atoms with Crippen molar-refractivity contribution in [1.29, 1.82) is 0 Å². The number of aromatic amines is 1. The molecule has 5 N–H and O–H groups in total. The molecule has 0 unspecified atom stereocenters. The Hall–Kier alpha value is -2.01. The molecule has 5 heteroatoms. The highest BCUT2D eigenvalue weighted by Crippen LogP contribution is 2.23. The summed E-state index contributed by atoms with van der Waals surface area (Å²) < 4.78 is 0. The predicted molar refractivity (Wildman–Crippen MR) is 69.2 cm³/mol. The first kappa shape index (κ1) is 11.1. The third kappa shape index (κ3) is 1.82. The zero-order valence-corrected chi connectivity index (χ0v) is 9.81. The van der Waals surface area contributed by atoms with Gasteiger partial charge in [-0.15, -0.1) is 0 Å². The lowest BCUT2D eigenvalue weighted by atomic mass is 9.89. The van der Waals surface area contributed by atoms with E-state index in [1.807, 2.05) is 6.07 Å². The third-order valence-corrected chi connectivity index (χ3v) is 3.40. The number of hydrogen-bond acceptors (Lipinski definition) is 3. The van der Waals surface area contributed by atoms with Gasteiger partial charge in [0.1, 0.15) is 0 Å². The summed E-state index contributed by atoms with van der Waals surface area (Å²) in [6.07, 6.45) is 2.70. The van der Waals surface area contributed by atoms with E-state index in [0.717, 1.165) is 10.9 Å². The molecule has 1 aliphatic carbocycles. The molecule has 1 fully saturated rings. The molecule has 1 aromatic heterocycles. The quantitative estimate of drug-likeness (QED) is 0.595. The average Bonchev–Trinajstić information content (AvgIpc) is 2.69. The largest absolute Gasteiger partial charge is 0.399 e. The summed E-state index contributed by atoms with van der Waals surface area (Å²) in [5, 5.41) is 13.0. The van der Waals surface area contributed by atoms with Gasteiger partial charge in [-0.25, -0.2) is 0 Å². The normalized spacial score (nSPS) is 22.7. The molecular formula is C13H15N3O2. The Bertz CT molecular complexity index is 599. The lowest BCUT2D eigenvalue weighted by Gasteiger charge is -2.31. The van der Waals surface area contributed by atoms with Gasteiger partial charge in [-0.3, -0.25) is 4.79 Å². The van der Waals surface area contributed by atoms with Crippen LogP contribution in [0.1, 0.15) is 23.2 Å². The SMILES string of the molecule is Nc1ccc2c(C(=O)NC3CC(O)C3)c[nH]c2c1. The van der Waals surface area contributed by atoms with Gasteiger partial charge in [0.25, 0.3) is 5.91 Å². The molecule has 1 aliphatic rings. The minimum absolute atomic E-state index is 0.0891. The first-order valence-corrected chi connectivity index (χ1v) is 5.99. The Morgan fingerprint density at radius 3 is 2.94 bits per heavy atom. The maximum atomic E-state index is 12.1. The summed E-state index contributed by atoms with van der Waals surface area (Å²) in [5.74, 6) is -0.108. The second-order valence-corrected chi connectivity index (χ2v) is 4.80. The highest BCUT2D eigenvalue weighted by Gasteiger charge is 2.29. The molecule has 0 spiro atoms. The number of carbonyl (C=O) groups excluding carboxylic acids is 1. The second kappa shape index (κ2) is 4.03. The van der Waals surface area contributed by atoms with Crippen molar-refractivity contribution in [1.82, 2.24) is 10.3 Å². The zero-order valence-electron chi connectivity index (χ0n) is 9.81. The molecule has 2 aromatic rings. The first-order chi connectivity index (χ1) is 8.63. The van der Waals surface area contributed by atoms with Crippen molar-refractivity contribution in [2.24, 2.45) is 0 Å². The van der Waals surface area contributed by atoms with E-state index >= 15 is 0 Å². The van der Waals surface area contributed by atoms with Gasteiger partial charge in [-0.2, -0.15) is 0 Å². The summed E-state index contributed by atoms with van der Waals surface area (Å²) in [7, 11) is 0. The molecule has 94 valence electrons. The van der Waals surface area contributed by atoms with Crippen LogP contribution in [0.5, 0.6) is 0 Å². The molecule has 3 rings (SSSR count). The molecule has 0 atom stereocenters.